The molecule has 0 saturated carbocycles. The van der Waals surface area contributed by atoms with Gasteiger partial charge in [-0.1, -0.05) is 198 Å². The summed E-state index contributed by atoms with van der Waals surface area (Å²) in [6.07, 6.45) is 0. The average molecular weight is 665 g/mol. The van der Waals surface area contributed by atoms with Crippen LogP contribution < -0.4 is 37.3 Å². The van der Waals surface area contributed by atoms with Crippen molar-refractivity contribution in [3.8, 4) is 16.9 Å². The van der Waals surface area contributed by atoms with E-state index < -0.39 is 8.07 Å². The molecule has 10 rings (SSSR count). The van der Waals surface area contributed by atoms with Crippen LogP contribution in [0, 0.1) is 0 Å². The topological polar surface area (TPSA) is 17.8 Å². The van der Waals surface area contributed by atoms with Gasteiger partial charge in [-0.15, -0.1) is 0 Å². The van der Waals surface area contributed by atoms with Crippen molar-refractivity contribution in [2.24, 2.45) is 0 Å². The van der Waals surface area contributed by atoms with E-state index in [4.69, 9.17) is 4.98 Å². The molecule has 0 N–H and O–H groups in total. The number of para-hydroxylation sites is 2. The molecule has 1 aliphatic rings. The Bertz CT molecular complexity index is 2610. The molecule has 4 heteroatoms. The quantitative estimate of drug-likeness (QED) is 0.205. The molecule has 51 heavy (non-hydrogen) atoms. The first-order chi connectivity index (χ1) is 25.3. The first-order valence-electron chi connectivity index (χ1n) is 17.7. The van der Waals surface area contributed by atoms with E-state index >= 15 is 0 Å². The normalized spacial score (nSPS) is 13.2. The van der Waals surface area contributed by atoms with Crippen LogP contribution in [-0.4, -0.2) is 24.3 Å². The van der Waals surface area contributed by atoms with Crippen molar-refractivity contribution in [1.29, 1.82) is 0 Å². The van der Waals surface area contributed by atoms with Crippen LogP contribution in [0.1, 0.15) is 0 Å². The van der Waals surface area contributed by atoms with Gasteiger partial charge >= 0.3 is 0 Å². The van der Waals surface area contributed by atoms with Crippen LogP contribution in [0.3, 0.4) is 0 Å². The van der Waals surface area contributed by atoms with Crippen molar-refractivity contribution < 1.29 is 0 Å². The number of pyridine rings is 1. The minimum Gasteiger partial charge on any atom is -0.294 e. The van der Waals surface area contributed by atoms with Gasteiger partial charge in [0, 0.05) is 16.1 Å². The molecule has 2 nitrogen and oxygen atoms in total. The molecule has 2 aromatic heterocycles. The highest BCUT2D eigenvalue weighted by atomic mass is 28.3. The summed E-state index contributed by atoms with van der Waals surface area (Å²) in [5, 5.41) is 7.75. The number of hydrogen-bond donors (Lipinski definition) is 0. The van der Waals surface area contributed by atoms with Gasteiger partial charge in [-0.05, 0) is 44.9 Å². The molecule has 0 amide bonds. The smallest absolute Gasteiger partial charge is 0.243 e. The van der Waals surface area contributed by atoms with Gasteiger partial charge in [0.2, 0.25) is 14.8 Å². The summed E-state index contributed by atoms with van der Waals surface area (Å²) in [6, 6.07) is 73.5. The van der Waals surface area contributed by atoms with E-state index in [1.165, 1.54) is 70.2 Å². The van der Waals surface area contributed by atoms with Gasteiger partial charge in [-0.3, -0.25) is 4.57 Å². The summed E-state index contributed by atoms with van der Waals surface area (Å²) in [7, 11) is -2.95. The van der Waals surface area contributed by atoms with E-state index in [1.807, 2.05) is 0 Å². The molecule has 0 radical (unpaired) electrons. The minimum absolute atomic E-state index is 0.000330. The monoisotopic (exact) mass is 664 g/mol. The third-order valence-corrected chi connectivity index (χ3v) is 15.6. The Morgan fingerprint density at radius 3 is 1.57 bits per heavy atom. The van der Waals surface area contributed by atoms with Crippen LogP contribution in [0.5, 0.6) is 0 Å². The molecule has 0 saturated heterocycles. The molecule has 0 spiro atoms. The van der Waals surface area contributed by atoms with E-state index in [0.717, 1.165) is 5.82 Å². The number of fused-ring (bicyclic) bond motifs is 5. The van der Waals surface area contributed by atoms with Crippen molar-refractivity contribution in [2.75, 3.05) is 0 Å². The summed E-state index contributed by atoms with van der Waals surface area (Å²) in [4.78, 5) is 5.96. The van der Waals surface area contributed by atoms with Gasteiger partial charge in [0.25, 0.3) is 0 Å². The first kappa shape index (κ1) is 29.7. The standard InChI is InChI=1S/C47H33BN2Si/c1-4-18-34(19-5-1)37-24-10-13-27-40(37)48-41-28-14-17-31-45(41)51(35-20-6-2-7-21-35,36-22-8-3-9-23-36)47-42(48)32-33-46(49-47)50-43-29-15-11-25-38(43)39-26-12-16-30-44(39)50/h1-33H. The van der Waals surface area contributed by atoms with Crippen molar-refractivity contribution >= 4 is 73.9 Å². The van der Waals surface area contributed by atoms with E-state index in [2.05, 4.69) is 205 Å². The Labute approximate surface area is 299 Å². The lowest BCUT2D eigenvalue weighted by molar-refractivity contribution is 1.10. The highest BCUT2D eigenvalue weighted by Gasteiger charge is 2.51. The van der Waals surface area contributed by atoms with Crippen LogP contribution in [0.4, 0.5) is 0 Å². The lowest BCUT2D eigenvalue weighted by Crippen LogP contribution is -2.87. The molecule has 0 bridgehead atoms. The lowest BCUT2D eigenvalue weighted by Gasteiger charge is -2.42. The summed E-state index contributed by atoms with van der Waals surface area (Å²) < 4.78 is 2.37. The number of benzene rings is 7. The largest absolute Gasteiger partial charge is 0.294 e. The Kier molecular flexibility index (Phi) is 6.97. The average Bonchev–Trinajstić information content (AvgIpc) is 3.55. The summed E-state index contributed by atoms with van der Waals surface area (Å²) >= 11 is 0. The molecule has 0 unspecified atom stereocenters. The summed E-state index contributed by atoms with van der Waals surface area (Å²) in [5.41, 5.74) is 8.75. The maximum absolute atomic E-state index is 5.96. The summed E-state index contributed by atoms with van der Waals surface area (Å²) in [6.45, 7) is 0.000330. The molecule has 3 heterocycles. The lowest BCUT2D eigenvalue weighted by atomic mass is 9.36. The van der Waals surface area contributed by atoms with Gasteiger partial charge in [-0.2, -0.15) is 0 Å². The zero-order chi connectivity index (χ0) is 33.8. The number of aromatic nitrogens is 2. The van der Waals surface area contributed by atoms with Crippen LogP contribution in [0.2, 0.25) is 0 Å². The zero-order valence-electron chi connectivity index (χ0n) is 28.0. The van der Waals surface area contributed by atoms with Crippen molar-refractivity contribution in [3.63, 3.8) is 0 Å². The van der Waals surface area contributed by atoms with E-state index in [0.29, 0.717) is 0 Å². The van der Waals surface area contributed by atoms with E-state index in [1.54, 1.807) is 0 Å². The van der Waals surface area contributed by atoms with Gasteiger partial charge < -0.3 is 0 Å². The second kappa shape index (κ2) is 12.0. The number of nitrogens with zero attached hydrogens (tertiary/aromatic N) is 2. The first-order valence-corrected chi connectivity index (χ1v) is 19.7. The van der Waals surface area contributed by atoms with Gasteiger partial charge in [0.1, 0.15) is 5.82 Å². The predicted molar refractivity (Wildman–Crippen MR) is 219 cm³/mol. The molecule has 0 fully saturated rings. The summed E-state index contributed by atoms with van der Waals surface area (Å²) in [5.74, 6) is 0.948. The number of rotatable bonds is 5. The second-order valence-electron chi connectivity index (χ2n) is 13.4. The zero-order valence-corrected chi connectivity index (χ0v) is 29.0. The Morgan fingerprint density at radius 1 is 0.412 bits per heavy atom. The van der Waals surface area contributed by atoms with Crippen LogP contribution in [0.25, 0.3) is 38.8 Å². The van der Waals surface area contributed by atoms with Crippen LogP contribution in [0.15, 0.2) is 200 Å². The van der Waals surface area contributed by atoms with E-state index in [-0.39, 0.29) is 6.71 Å². The molecule has 0 atom stereocenters. The fraction of sp³-hybridized carbons (Fsp3) is 0. The van der Waals surface area contributed by atoms with Gasteiger partial charge in [-0.25, -0.2) is 4.98 Å². The Hall–Kier alpha value is -6.23. The fourth-order valence-corrected chi connectivity index (χ4v) is 13.9. The highest BCUT2D eigenvalue weighted by molar-refractivity contribution is 7.26. The second-order valence-corrected chi connectivity index (χ2v) is 17.1. The van der Waals surface area contributed by atoms with Crippen LogP contribution in [-0.2, 0) is 0 Å². The number of hydrogen-bond acceptors (Lipinski definition) is 1. The van der Waals surface area contributed by atoms with E-state index in [9.17, 15) is 0 Å². The molecule has 0 aliphatic carbocycles. The molecular formula is C47H33BN2Si. The maximum atomic E-state index is 5.96. The SMILES string of the molecule is c1ccc(-c2ccccc2B2c3ccccc3[Si](c3ccccc3)(c3ccccc3)c3nc(-n4c5ccccc5c5ccccc54)ccc32)cc1. The van der Waals surface area contributed by atoms with Gasteiger partial charge in [0.15, 0.2) is 0 Å². The predicted octanol–water partition coefficient (Wildman–Crippen LogP) is 6.05. The van der Waals surface area contributed by atoms with Gasteiger partial charge in [0.05, 0.1) is 11.0 Å². The fourth-order valence-electron chi connectivity index (χ4n) is 8.76. The highest BCUT2D eigenvalue weighted by Crippen LogP contribution is 2.31. The Balaban J connectivity index is 1.36. The van der Waals surface area contributed by atoms with Crippen molar-refractivity contribution in [1.82, 2.24) is 9.55 Å². The molecular weight excluding hydrogens is 631 g/mol. The molecule has 1 aliphatic heterocycles. The third-order valence-electron chi connectivity index (χ3n) is 10.8. The molecule has 238 valence electrons. The Morgan fingerprint density at radius 2 is 0.922 bits per heavy atom. The molecule has 9 aromatic rings. The van der Waals surface area contributed by atoms with Crippen molar-refractivity contribution in [3.05, 3.63) is 200 Å². The minimum atomic E-state index is -2.95. The van der Waals surface area contributed by atoms with Crippen molar-refractivity contribution in [2.45, 2.75) is 0 Å². The molecule has 7 aromatic carbocycles. The van der Waals surface area contributed by atoms with Crippen LogP contribution >= 0.6 is 0 Å². The maximum Gasteiger partial charge on any atom is 0.243 e. The third kappa shape index (κ3) is 4.47.